The predicted molar refractivity (Wildman–Crippen MR) is 111 cm³/mol. The van der Waals surface area contributed by atoms with Gasteiger partial charge < -0.3 is 14.8 Å². The third-order valence-corrected chi connectivity index (χ3v) is 4.62. The van der Waals surface area contributed by atoms with E-state index in [4.69, 9.17) is 16.3 Å². The summed E-state index contributed by atoms with van der Waals surface area (Å²) in [6.07, 6.45) is 0. The second-order valence-corrected chi connectivity index (χ2v) is 7.98. The number of hydrogen-bond acceptors (Lipinski definition) is 4. The fourth-order valence-electron chi connectivity index (χ4n) is 3.19. The summed E-state index contributed by atoms with van der Waals surface area (Å²) in [4.78, 5) is 20.7. The number of benzene rings is 2. The molecule has 2 heterocycles. The van der Waals surface area contributed by atoms with Gasteiger partial charge in [0.25, 0.3) is 0 Å². The number of esters is 1. The van der Waals surface area contributed by atoms with Gasteiger partial charge in [-0.25, -0.2) is 9.78 Å². The van der Waals surface area contributed by atoms with Gasteiger partial charge in [0.15, 0.2) is 0 Å². The Morgan fingerprint density at radius 2 is 1.89 bits per heavy atom. The first-order valence-electron chi connectivity index (χ1n) is 8.86. The number of phenolic OH excluding ortho intramolecular Hbond substituents is 1. The van der Waals surface area contributed by atoms with Crippen LogP contribution < -0.4 is 0 Å². The molecule has 2 aromatic carbocycles. The molecule has 0 bridgehead atoms. The first kappa shape index (κ1) is 18.3. The molecule has 2 N–H and O–H groups in total. The average Bonchev–Trinajstić information content (AvgIpc) is 2.98. The molecule has 0 aliphatic carbocycles. The number of aromatic amines is 1. The normalized spacial score (nSPS) is 11.9. The first-order chi connectivity index (χ1) is 13.2. The van der Waals surface area contributed by atoms with Gasteiger partial charge in [0, 0.05) is 21.9 Å². The highest BCUT2D eigenvalue weighted by atomic mass is 35.5. The molecular formula is C22H19ClN2O3. The molecule has 0 unspecified atom stereocenters. The second-order valence-electron chi connectivity index (χ2n) is 7.63. The van der Waals surface area contributed by atoms with Crippen LogP contribution >= 0.6 is 11.6 Å². The van der Waals surface area contributed by atoms with Crippen LogP contribution in [0.3, 0.4) is 0 Å². The summed E-state index contributed by atoms with van der Waals surface area (Å²) in [5.74, 6) is -0.436. The van der Waals surface area contributed by atoms with Crippen LogP contribution in [0.25, 0.3) is 33.1 Å². The summed E-state index contributed by atoms with van der Waals surface area (Å²) in [5.41, 5.74) is 2.22. The minimum absolute atomic E-state index is 0.0607. The van der Waals surface area contributed by atoms with E-state index in [1.807, 2.05) is 30.3 Å². The molecule has 0 atom stereocenters. The zero-order valence-electron chi connectivity index (χ0n) is 15.7. The number of para-hydroxylation sites is 1. The second kappa shape index (κ2) is 6.53. The van der Waals surface area contributed by atoms with Crippen LogP contribution in [0, 0.1) is 0 Å². The molecule has 4 aromatic rings. The lowest BCUT2D eigenvalue weighted by Gasteiger charge is -2.20. The molecule has 28 heavy (non-hydrogen) atoms. The van der Waals surface area contributed by atoms with E-state index in [2.05, 4.69) is 9.97 Å². The summed E-state index contributed by atoms with van der Waals surface area (Å²) in [5, 5.41) is 11.7. The van der Waals surface area contributed by atoms with Crippen molar-refractivity contribution in [1.29, 1.82) is 0 Å². The molecular weight excluding hydrogens is 376 g/mol. The lowest BCUT2D eigenvalue weighted by molar-refractivity contribution is 0.00728. The predicted octanol–water partition coefficient (Wildman–Crippen LogP) is 5.70. The number of rotatable bonds is 2. The number of phenols is 1. The number of halogens is 1. The molecule has 142 valence electrons. The molecule has 0 fully saturated rings. The van der Waals surface area contributed by atoms with Gasteiger partial charge in [0.2, 0.25) is 0 Å². The third kappa shape index (κ3) is 3.29. The Hall–Kier alpha value is -3.05. The molecule has 5 nitrogen and oxygen atoms in total. The number of carbonyl (C=O) groups excluding carboxylic acids is 1. The first-order valence-corrected chi connectivity index (χ1v) is 9.24. The quantitative estimate of drug-likeness (QED) is 0.338. The van der Waals surface area contributed by atoms with E-state index >= 15 is 0 Å². The van der Waals surface area contributed by atoms with Crippen LogP contribution in [0.15, 0.2) is 48.5 Å². The van der Waals surface area contributed by atoms with Gasteiger partial charge >= 0.3 is 5.97 Å². The third-order valence-electron chi connectivity index (χ3n) is 4.33. The fourth-order valence-corrected chi connectivity index (χ4v) is 3.43. The minimum atomic E-state index is -0.666. The zero-order chi connectivity index (χ0) is 20.1. The van der Waals surface area contributed by atoms with E-state index in [0.717, 1.165) is 10.9 Å². The zero-order valence-corrected chi connectivity index (χ0v) is 16.5. The van der Waals surface area contributed by atoms with E-state index in [-0.39, 0.29) is 10.9 Å². The highest BCUT2D eigenvalue weighted by Gasteiger charge is 2.26. The lowest BCUT2D eigenvalue weighted by atomic mass is 10.0. The Balaban J connectivity index is 2.00. The van der Waals surface area contributed by atoms with Crippen LogP contribution in [0.5, 0.6) is 5.75 Å². The maximum atomic E-state index is 13.0. The van der Waals surface area contributed by atoms with Crippen LogP contribution in [-0.2, 0) is 4.74 Å². The topological polar surface area (TPSA) is 75.2 Å². The number of ether oxygens (including phenoxy) is 1. The molecule has 0 amide bonds. The van der Waals surface area contributed by atoms with Gasteiger partial charge in [-0.15, -0.1) is 0 Å². The number of nitrogens with one attached hydrogen (secondary N) is 1. The van der Waals surface area contributed by atoms with E-state index < -0.39 is 11.6 Å². The van der Waals surface area contributed by atoms with E-state index in [9.17, 15) is 9.90 Å². The van der Waals surface area contributed by atoms with Gasteiger partial charge in [0.05, 0.1) is 16.8 Å². The van der Waals surface area contributed by atoms with Crippen molar-refractivity contribution in [1.82, 2.24) is 9.97 Å². The van der Waals surface area contributed by atoms with Gasteiger partial charge in [0.1, 0.15) is 16.5 Å². The SMILES string of the molecule is CC(C)(C)OC(=O)c1c(-c2cc3ccccc3nc2Cl)[nH]c2ccc(O)cc12. The fraction of sp³-hybridized carbons (Fsp3) is 0.182. The molecule has 2 aromatic heterocycles. The number of aromatic hydroxyl groups is 1. The number of H-pyrrole nitrogens is 1. The molecule has 0 aliphatic heterocycles. The minimum Gasteiger partial charge on any atom is -0.508 e. The number of carbonyl (C=O) groups is 1. The van der Waals surface area contributed by atoms with Crippen molar-refractivity contribution in [2.45, 2.75) is 26.4 Å². The molecule has 0 spiro atoms. The van der Waals surface area contributed by atoms with Crippen LogP contribution in [0.1, 0.15) is 31.1 Å². The molecule has 0 saturated heterocycles. The van der Waals surface area contributed by atoms with Crippen molar-refractivity contribution in [2.75, 3.05) is 0 Å². The highest BCUT2D eigenvalue weighted by Crippen LogP contribution is 2.37. The maximum Gasteiger partial charge on any atom is 0.341 e. The number of hydrogen-bond donors (Lipinski definition) is 2. The summed E-state index contributed by atoms with van der Waals surface area (Å²) in [7, 11) is 0. The summed E-state index contributed by atoms with van der Waals surface area (Å²) < 4.78 is 5.62. The number of fused-ring (bicyclic) bond motifs is 2. The Morgan fingerprint density at radius 1 is 1.14 bits per heavy atom. The maximum absolute atomic E-state index is 13.0. The van der Waals surface area contributed by atoms with Gasteiger partial charge in [-0.05, 0) is 51.1 Å². The van der Waals surface area contributed by atoms with Crippen LogP contribution in [-0.4, -0.2) is 26.6 Å². The number of nitrogens with zero attached hydrogens (tertiary/aromatic N) is 1. The summed E-state index contributed by atoms with van der Waals surface area (Å²) >= 11 is 6.47. The molecule has 0 radical (unpaired) electrons. The van der Waals surface area contributed by atoms with E-state index in [0.29, 0.717) is 27.7 Å². The van der Waals surface area contributed by atoms with Crippen molar-refractivity contribution in [3.63, 3.8) is 0 Å². The van der Waals surface area contributed by atoms with Crippen LogP contribution in [0.4, 0.5) is 0 Å². The van der Waals surface area contributed by atoms with Crippen molar-refractivity contribution < 1.29 is 14.6 Å². The number of aromatic nitrogens is 2. The highest BCUT2D eigenvalue weighted by molar-refractivity contribution is 6.33. The molecule has 6 heteroatoms. The van der Waals surface area contributed by atoms with Gasteiger partial charge in [-0.3, -0.25) is 0 Å². The molecule has 0 saturated carbocycles. The summed E-state index contributed by atoms with van der Waals surface area (Å²) in [6.45, 7) is 5.42. The van der Waals surface area contributed by atoms with Crippen molar-refractivity contribution in [3.8, 4) is 17.0 Å². The average molecular weight is 395 g/mol. The Kier molecular flexibility index (Phi) is 4.27. The van der Waals surface area contributed by atoms with Crippen molar-refractivity contribution in [3.05, 3.63) is 59.2 Å². The molecule has 0 aliphatic rings. The summed E-state index contributed by atoms with van der Waals surface area (Å²) in [6, 6.07) is 14.3. The van der Waals surface area contributed by atoms with Gasteiger partial charge in [-0.2, -0.15) is 0 Å². The van der Waals surface area contributed by atoms with Crippen LogP contribution in [0.2, 0.25) is 5.15 Å². The van der Waals surface area contributed by atoms with Crippen molar-refractivity contribution >= 4 is 39.4 Å². The molecule has 4 rings (SSSR count). The standard InChI is InChI=1S/C22H19ClN2O3/c1-22(2,3)28-21(27)18-14-11-13(26)8-9-17(14)24-19(18)15-10-12-6-4-5-7-16(12)25-20(15)23/h4-11,24,26H,1-3H3. The largest absolute Gasteiger partial charge is 0.508 e. The lowest BCUT2D eigenvalue weighted by Crippen LogP contribution is -2.24. The smallest absolute Gasteiger partial charge is 0.341 e. The van der Waals surface area contributed by atoms with E-state index in [1.165, 1.54) is 6.07 Å². The van der Waals surface area contributed by atoms with E-state index in [1.54, 1.807) is 32.9 Å². The Morgan fingerprint density at radius 3 is 2.64 bits per heavy atom. The Bertz CT molecular complexity index is 1220. The number of pyridine rings is 1. The van der Waals surface area contributed by atoms with Crippen molar-refractivity contribution in [2.24, 2.45) is 0 Å². The van der Waals surface area contributed by atoms with Gasteiger partial charge in [-0.1, -0.05) is 29.8 Å². The Labute approximate surface area is 166 Å². The monoisotopic (exact) mass is 394 g/mol.